The maximum Gasteiger partial charge on any atom is 0.416 e. The molecule has 9 heteroatoms. The van der Waals surface area contributed by atoms with Crippen LogP contribution in [0.3, 0.4) is 0 Å². The van der Waals surface area contributed by atoms with Gasteiger partial charge in [0.05, 0.1) is 22.3 Å². The van der Waals surface area contributed by atoms with Crippen LogP contribution in [0.5, 0.6) is 0 Å². The number of thioether (sulfide) groups is 1. The summed E-state index contributed by atoms with van der Waals surface area (Å²) in [6, 6.07) is 3.62. The Morgan fingerprint density at radius 1 is 1.25 bits per heavy atom. The number of nitrogens with zero attached hydrogens (tertiary/aromatic N) is 4. The van der Waals surface area contributed by atoms with Crippen molar-refractivity contribution in [2.75, 3.05) is 0 Å². The number of fused-ring (bicyclic) bond motifs is 1. The van der Waals surface area contributed by atoms with E-state index < -0.39 is 11.7 Å². The maximum absolute atomic E-state index is 12.9. The Labute approximate surface area is 140 Å². The van der Waals surface area contributed by atoms with E-state index >= 15 is 0 Å². The number of aryl methyl sites for hydroxylation is 2. The lowest BCUT2D eigenvalue weighted by atomic mass is 10.2. The second kappa shape index (κ2) is 6.46. The van der Waals surface area contributed by atoms with Crippen molar-refractivity contribution in [3.63, 3.8) is 0 Å². The van der Waals surface area contributed by atoms with Crippen molar-refractivity contribution < 1.29 is 17.6 Å². The standard InChI is InChI=1S/C15H15F3N4OS/c1-3-6-22-12-7-10(15(16,17)18)4-5-11(12)19-14(22)24-8-13-21-20-9(2)23-13/h4-5,7H,3,6,8H2,1-2H3. The molecular formula is C15H15F3N4OS. The highest BCUT2D eigenvalue weighted by atomic mass is 32.2. The molecule has 0 N–H and O–H groups in total. The molecule has 3 rings (SSSR count). The van der Waals surface area contributed by atoms with Gasteiger partial charge in [0.25, 0.3) is 0 Å². The van der Waals surface area contributed by atoms with Crippen LogP contribution in [0.25, 0.3) is 11.0 Å². The Kier molecular flexibility index (Phi) is 4.53. The van der Waals surface area contributed by atoms with Gasteiger partial charge in [0, 0.05) is 13.5 Å². The number of aromatic nitrogens is 4. The molecule has 3 aromatic rings. The van der Waals surface area contributed by atoms with E-state index in [1.54, 1.807) is 11.5 Å². The van der Waals surface area contributed by atoms with Crippen LogP contribution in [-0.2, 0) is 18.5 Å². The molecule has 0 aliphatic heterocycles. The van der Waals surface area contributed by atoms with E-state index in [1.807, 2.05) is 6.92 Å². The fourth-order valence-corrected chi connectivity index (χ4v) is 3.23. The third-order valence-electron chi connectivity index (χ3n) is 3.38. The van der Waals surface area contributed by atoms with Gasteiger partial charge in [0.2, 0.25) is 11.8 Å². The van der Waals surface area contributed by atoms with Crippen molar-refractivity contribution in [1.82, 2.24) is 19.7 Å². The molecule has 0 fully saturated rings. The molecule has 0 unspecified atom stereocenters. The number of hydrogen-bond acceptors (Lipinski definition) is 5. The lowest BCUT2D eigenvalue weighted by molar-refractivity contribution is -0.137. The number of halogens is 3. The van der Waals surface area contributed by atoms with Crippen molar-refractivity contribution in [3.8, 4) is 0 Å². The molecule has 2 heterocycles. The van der Waals surface area contributed by atoms with Crippen molar-refractivity contribution in [2.45, 2.75) is 43.9 Å². The predicted molar refractivity (Wildman–Crippen MR) is 83.6 cm³/mol. The Hall–Kier alpha value is -2.03. The first-order valence-corrected chi connectivity index (χ1v) is 8.36. The number of hydrogen-bond donors (Lipinski definition) is 0. The zero-order chi connectivity index (χ0) is 17.3. The van der Waals surface area contributed by atoms with E-state index in [1.165, 1.54) is 17.8 Å². The molecule has 24 heavy (non-hydrogen) atoms. The molecule has 0 saturated heterocycles. The molecular weight excluding hydrogens is 341 g/mol. The van der Waals surface area contributed by atoms with E-state index in [0.717, 1.165) is 18.6 Å². The zero-order valence-electron chi connectivity index (χ0n) is 13.1. The van der Waals surface area contributed by atoms with Crippen molar-refractivity contribution in [2.24, 2.45) is 0 Å². The van der Waals surface area contributed by atoms with Crippen LogP contribution in [0.15, 0.2) is 27.8 Å². The predicted octanol–water partition coefficient (Wildman–Crippen LogP) is 4.45. The molecule has 0 amide bonds. The smallest absolute Gasteiger partial charge is 0.416 e. The van der Waals surface area contributed by atoms with Gasteiger partial charge in [-0.2, -0.15) is 13.2 Å². The largest absolute Gasteiger partial charge is 0.425 e. The highest BCUT2D eigenvalue weighted by molar-refractivity contribution is 7.98. The molecule has 0 bridgehead atoms. The van der Waals surface area contributed by atoms with Crippen molar-refractivity contribution in [3.05, 3.63) is 35.5 Å². The highest BCUT2D eigenvalue weighted by Crippen LogP contribution is 2.33. The second-order valence-corrected chi connectivity index (χ2v) is 6.19. The molecule has 5 nitrogen and oxygen atoms in total. The number of benzene rings is 1. The minimum absolute atomic E-state index is 0.417. The van der Waals surface area contributed by atoms with Crippen LogP contribution in [-0.4, -0.2) is 19.7 Å². The fourth-order valence-electron chi connectivity index (χ4n) is 2.35. The SMILES string of the molecule is CCCn1c(SCc2nnc(C)o2)nc2ccc(C(F)(F)F)cc21. The first-order valence-electron chi connectivity index (χ1n) is 7.37. The summed E-state index contributed by atoms with van der Waals surface area (Å²) in [6.45, 7) is 4.25. The quantitative estimate of drug-likeness (QED) is 0.632. The number of rotatable bonds is 5. The van der Waals surface area contributed by atoms with Gasteiger partial charge in [-0.25, -0.2) is 4.98 Å². The van der Waals surface area contributed by atoms with Gasteiger partial charge >= 0.3 is 6.18 Å². The third-order valence-corrected chi connectivity index (χ3v) is 4.34. The fraction of sp³-hybridized carbons (Fsp3) is 0.400. The summed E-state index contributed by atoms with van der Waals surface area (Å²) in [5, 5.41) is 8.31. The van der Waals surface area contributed by atoms with E-state index in [4.69, 9.17) is 4.42 Å². The summed E-state index contributed by atoms with van der Waals surface area (Å²) in [5.74, 6) is 1.35. The third kappa shape index (κ3) is 3.40. The van der Waals surface area contributed by atoms with E-state index in [9.17, 15) is 13.2 Å². The first-order chi connectivity index (χ1) is 11.4. The molecule has 1 aromatic carbocycles. The van der Waals surface area contributed by atoms with Crippen LogP contribution < -0.4 is 0 Å². The molecule has 0 spiro atoms. The molecule has 0 aliphatic rings. The van der Waals surface area contributed by atoms with Crippen LogP contribution in [0.2, 0.25) is 0 Å². The summed E-state index contributed by atoms with van der Waals surface area (Å²) < 4.78 is 46.0. The maximum atomic E-state index is 12.9. The van der Waals surface area contributed by atoms with Gasteiger partial charge in [-0.3, -0.25) is 0 Å². The molecule has 2 aromatic heterocycles. The Bertz CT molecular complexity index is 856. The minimum atomic E-state index is -4.37. The van der Waals surface area contributed by atoms with Gasteiger partial charge < -0.3 is 8.98 Å². The Morgan fingerprint density at radius 2 is 2.04 bits per heavy atom. The van der Waals surface area contributed by atoms with Gasteiger partial charge in [-0.15, -0.1) is 10.2 Å². The van der Waals surface area contributed by atoms with Crippen molar-refractivity contribution >= 4 is 22.8 Å². The summed E-state index contributed by atoms with van der Waals surface area (Å²) in [7, 11) is 0. The average molecular weight is 356 g/mol. The lowest BCUT2D eigenvalue weighted by Crippen LogP contribution is -2.05. The van der Waals surface area contributed by atoms with E-state index in [-0.39, 0.29) is 0 Å². The summed E-state index contributed by atoms with van der Waals surface area (Å²) in [4.78, 5) is 4.45. The van der Waals surface area contributed by atoms with Gasteiger partial charge in [0.15, 0.2) is 5.16 Å². The molecule has 0 aliphatic carbocycles. The average Bonchev–Trinajstić information content (AvgIpc) is 3.08. The molecule has 0 saturated carbocycles. The molecule has 0 radical (unpaired) electrons. The summed E-state index contributed by atoms with van der Waals surface area (Å²) >= 11 is 1.37. The summed E-state index contributed by atoms with van der Waals surface area (Å²) in [6.07, 6.45) is -3.58. The zero-order valence-corrected chi connectivity index (χ0v) is 13.9. The first kappa shape index (κ1) is 16.8. The summed E-state index contributed by atoms with van der Waals surface area (Å²) in [5.41, 5.74) is 0.355. The van der Waals surface area contributed by atoms with Crippen LogP contribution in [0, 0.1) is 6.92 Å². The highest BCUT2D eigenvalue weighted by Gasteiger charge is 2.31. The lowest BCUT2D eigenvalue weighted by Gasteiger charge is -2.09. The molecule has 0 atom stereocenters. The van der Waals surface area contributed by atoms with Crippen LogP contribution in [0.1, 0.15) is 30.7 Å². The Morgan fingerprint density at radius 3 is 2.67 bits per heavy atom. The molecule has 128 valence electrons. The second-order valence-electron chi connectivity index (χ2n) is 5.25. The topological polar surface area (TPSA) is 56.7 Å². The van der Waals surface area contributed by atoms with Gasteiger partial charge in [-0.05, 0) is 24.6 Å². The van der Waals surface area contributed by atoms with Crippen LogP contribution in [0.4, 0.5) is 13.2 Å². The Balaban J connectivity index is 1.95. The van der Waals surface area contributed by atoms with Gasteiger partial charge in [0.1, 0.15) is 0 Å². The normalized spacial score (nSPS) is 12.2. The van der Waals surface area contributed by atoms with E-state index in [2.05, 4.69) is 15.2 Å². The van der Waals surface area contributed by atoms with Crippen molar-refractivity contribution in [1.29, 1.82) is 0 Å². The monoisotopic (exact) mass is 356 g/mol. The number of imidazole rings is 1. The van der Waals surface area contributed by atoms with Crippen LogP contribution >= 0.6 is 11.8 Å². The minimum Gasteiger partial charge on any atom is -0.425 e. The van der Waals surface area contributed by atoms with E-state index in [0.29, 0.717) is 40.3 Å². The number of alkyl halides is 3. The van der Waals surface area contributed by atoms with Gasteiger partial charge in [-0.1, -0.05) is 18.7 Å².